The minimum absolute atomic E-state index is 0.108. The number of hydrogen-bond acceptors (Lipinski definition) is 15. The van der Waals surface area contributed by atoms with E-state index >= 15 is 0 Å². The number of aliphatic hydroxyl groups excluding tert-OH is 1. The van der Waals surface area contributed by atoms with Crippen molar-refractivity contribution >= 4 is 39.5 Å². The van der Waals surface area contributed by atoms with E-state index in [0.29, 0.717) is 25.7 Å². The molecule has 5 atom stereocenters. The molecule has 0 aliphatic carbocycles. The summed E-state index contributed by atoms with van der Waals surface area (Å²) in [7, 11) is -9.91. The first-order valence-corrected chi connectivity index (χ1v) is 45.1. The predicted octanol–water partition coefficient (Wildman–Crippen LogP) is 24.4. The average Bonchev–Trinajstić information content (AvgIpc) is 0.927. The molecule has 0 saturated heterocycles. The summed E-state index contributed by atoms with van der Waals surface area (Å²) < 4.78 is 68.6. The molecule has 0 heterocycles. The standard InChI is InChI=1S/C81H158O17P2/c1-6-9-12-15-18-21-23-25-26-27-28-32-35-38-42-45-50-55-60-65-79(84)92-71-77(98-81(86)67-62-57-52-47-43-39-36-33-30-29-31-34-37-40-44-48-53-58-63-74(4)5)73-96-100(89,90)94-69-75(82)68-93-99(87,88)95-72-76(70-91-78(83)64-59-54-49-20-17-14-11-8-3)97-80(85)66-61-56-51-46-41-24-22-19-16-13-10-7-2/h74-77,82H,6-73H2,1-5H3,(H,87,88)(H,89,90)/t75-,76+,77+/m0/s1. The summed E-state index contributed by atoms with van der Waals surface area (Å²) in [6.45, 7) is 7.33. The number of carbonyl (C=O) groups is 4. The summed E-state index contributed by atoms with van der Waals surface area (Å²) in [5.41, 5.74) is 0. The van der Waals surface area contributed by atoms with E-state index in [-0.39, 0.29) is 25.7 Å². The van der Waals surface area contributed by atoms with E-state index in [1.165, 1.54) is 250 Å². The Hall–Kier alpha value is -1.94. The van der Waals surface area contributed by atoms with Gasteiger partial charge in [-0.1, -0.05) is 381 Å². The number of esters is 4. The molecule has 0 amide bonds. The molecule has 3 N–H and O–H groups in total. The van der Waals surface area contributed by atoms with Crippen LogP contribution in [-0.2, 0) is 65.4 Å². The summed E-state index contributed by atoms with van der Waals surface area (Å²) in [6, 6.07) is 0. The third-order valence-electron chi connectivity index (χ3n) is 19.0. The number of carbonyl (C=O) groups excluding carboxylic acids is 4. The quantitative estimate of drug-likeness (QED) is 0.0222. The van der Waals surface area contributed by atoms with E-state index in [1.807, 2.05) is 0 Å². The van der Waals surface area contributed by atoms with E-state index < -0.39 is 97.5 Å². The van der Waals surface area contributed by atoms with Crippen LogP contribution in [0.1, 0.15) is 433 Å². The average molecular weight is 1470 g/mol. The lowest BCUT2D eigenvalue weighted by Gasteiger charge is -2.21. The first-order chi connectivity index (χ1) is 48.5. The molecular formula is C81H158O17P2. The Morgan fingerprint density at radius 1 is 0.270 bits per heavy atom. The van der Waals surface area contributed by atoms with Crippen molar-refractivity contribution in [1.82, 2.24) is 0 Å². The van der Waals surface area contributed by atoms with E-state index in [0.717, 1.165) is 102 Å². The summed E-state index contributed by atoms with van der Waals surface area (Å²) in [4.78, 5) is 72.9. The SMILES string of the molecule is CCCCCCCCCCCCCCCCCCCCCC(=O)OC[C@H](COP(=O)(O)OC[C@@H](O)COP(=O)(O)OC[C@@H](COC(=O)CCCCCCCCCC)OC(=O)CCCCCCCCCCCCCC)OC(=O)CCCCCCCCCCCCCCCCCCCCC(C)C. The van der Waals surface area contributed by atoms with Gasteiger partial charge in [0.05, 0.1) is 26.4 Å². The minimum atomic E-state index is -4.96. The Balaban J connectivity index is 5.17. The molecule has 0 saturated carbocycles. The van der Waals surface area contributed by atoms with Gasteiger partial charge >= 0.3 is 39.5 Å². The second-order valence-corrected chi connectivity index (χ2v) is 32.5. The highest BCUT2D eigenvalue weighted by atomic mass is 31.2. The Bertz CT molecular complexity index is 1910. The van der Waals surface area contributed by atoms with Crippen LogP contribution in [-0.4, -0.2) is 96.7 Å². The number of phosphoric acid groups is 2. The number of rotatable bonds is 81. The summed E-state index contributed by atoms with van der Waals surface area (Å²) in [5.74, 6) is -1.29. The lowest BCUT2D eigenvalue weighted by Crippen LogP contribution is -2.30. The van der Waals surface area contributed by atoms with Crippen LogP contribution >= 0.6 is 15.6 Å². The molecule has 0 fully saturated rings. The molecule has 0 aliphatic rings. The van der Waals surface area contributed by atoms with Gasteiger partial charge in [0, 0.05) is 25.7 Å². The van der Waals surface area contributed by atoms with E-state index in [1.54, 1.807) is 0 Å². The Morgan fingerprint density at radius 2 is 0.460 bits per heavy atom. The first-order valence-electron chi connectivity index (χ1n) is 42.1. The van der Waals surface area contributed by atoms with Gasteiger partial charge in [-0.05, 0) is 31.6 Å². The molecule has 100 heavy (non-hydrogen) atoms. The molecule has 2 unspecified atom stereocenters. The fraction of sp³-hybridized carbons (Fsp3) is 0.951. The molecule has 0 spiro atoms. The smallest absolute Gasteiger partial charge is 0.462 e. The molecule has 0 radical (unpaired) electrons. The zero-order chi connectivity index (χ0) is 73.4. The number of phosphoric ester groups is 2. The van der Waals surface area contributed by atoms with Crippen LogP contribution in [0.4, 0.5) is 0 Å². The van der Waals surface area contributed by atoms with Gasteiger partial charge < -0.3 is 33.8 Å². The number of unbranched alkanes of at least 4 members (excludes halogenated alkanes) is 53. The zero-order valence-electron chi connectivity index (χ0n) is 65.3. The van der Waals surface area contributed by atoms with Crippen molar-refractivity contribution in [3.63, 3.8) is 0 Å². The molecule has 17 nitrogen and oxygen atoms in total. The van der Waals surface area contributed by atoms with Crippen LogP contribution < -0.4 is 0 Å². The van der Waals surface area contributed by atoms with Gasteiger partial charge in [-0.3, -0.25) is 37.3 Å². The van der Waals surface area contributed by atoms with Crippen LogP contribution in [0.15, 0.2) is 0 Å². The third-order valence-corrected chi connectivity index (χ3v) is 20.9. The van der Waals surface area contributed by atoms with Crippen molar-refractivity contribution in [3.05, 3.63) is 0 Å². The summed E-state index contributed by atoms with van der Waals surface area (Å²) >= 11 is 0. The van der Waals surface area contributed by atoms with E-state index in [2.05, 4.69) is 34.6 Å². The monoisotopic (exact) mass is 1470 g/mol. The maximum absolute atomic E-state index is 13.1. The lowest BCUT2D eigenvalue weighted by atomic mass is 10.0. The van der Waals surface area contributed by atoms with Crippen molar-refractivity contribution in [2.75, 3.05) is 39.6 Å². The molecule has 0 aliphatic heterocycles. The van der Waals surface area contributed by atoms with Crippen molar-refractivity contribution in [2.45, 2.75) is 451 Å². The second kappa shape index (κ2) is 73.9. The van der Waals surface area contributed by atoms with Crippen LogP contribution in [0.25, 0.3) is 0 Å². The predicted molar refractivity (Wildman–Crippen MR) is 409 cm³/mol. The number of aliphatic hydroxyl groups is 1. The van der Waals surface area contributed by atoms with Gasteiger partial charge in [-0.15, -0.1) is 0 Å². The van der Waals surface area contributed by atoms with Crippen molar-refractivity contribution in [3.8, 4) is 0 Å². The fourth-order valence-electron chi connectivity index (χ4n) is 12.6. The van der Waals surface area contributed by atoms with Gasteiger partial charge in [0.15, 0.2) is 12.2 Å². The molecule has 0 aromatic carbocycles. The normalized spacial score (nSPS) is 13.8. The molecule has 0 rings (SSSR count). The lowest BCUT2D eigenvalue weighted by molar-refractivity contribution is -0.161. The topological polar surface area (TPSA) is 237 Å². The minimum Gasteiger partial charge on any atom is -0.462 e. The molecule has 19 heteroatoms. The Kier molecular flexibility index (Phi) is 72.5. The summed E-state index contributed by atoms with van der Waals surface area (Å²) in [6.07, 6.45) is 65.4. The van der Waals surface area contributed by atoms with Crippen LogP contribution in [0.3, 0.4) is 0 Å². The highest BCUT2D eigenvalue weighted by Crippen LogP contribution is 2.45. The maximum Gasteiger partial charge on any atom is 0.472 e. The summed E-state index contributed by atoms with van der Waals surface area (Å²) in [5, 5.41) is 10.6. The van der Waals surface area contributed by atoms with Crippen molar-refractivity contribution in [1.29, 1.82) is 0 Å². The highest BCUT2D eigenvalue weighted by molar-refractivity contribution is 7.47. The first kappa shape index (κ1) is 98.1. The largest absolute Gasteiger partial charge is 0.472 e. The number of hydrogen-bond donors (Lipinski definition) is 3. The highest BCUT2D eigenvalue weighted by Gasteiger charge is 2.30. The van der Waals surface area contributed by atoms with Gasteiger partial charge in [0.2, 0.25) is 0 Å². The van der Waals surface area contributed by atoms with Crippen LogP contribution in [0.2, 0.25) is 0 Å². The zero-order valence-corrected chi connectivity index (χ0v) is 67.1. The molecular weight excluding hydrogens is 1310 g/mol. The molecule has 0 bridgehead atoms. The molecule has 0 aromatic rings. The van der Waals surface area contributed by atoms with Crippen molar-refractivity contribution < 1.29 is 80.2 Å². The van der Waals surface area contributed by atoms with E-state index in [9.17, 15) is 43.2 Å². The maximum atomic E-state index is 13.1. The van der Waals surface area contributed by atoms with Gasteiger partial charge in [0.1, 0.15) is 19.3 Å². The molecule has 594 valence electrons. The third kappa shape index (κ3) is 74.3. The Labute approximate surface area is 613 Å². The Morgan fingerprint density at radius 3 is 0.680 bits per heavy atom. The van der Waals surface area contributed by atoms with Gasteiger partial charge in [0.25, 0.3) is 0 Å². The van der Waals surface area contributed by atoms with Crippen LogP contribution in [0, 0.1) is 5.92 Å². The second-order valence-electron chi connectivity index (χ2n) is 29.6. The van der Waals surface area contributed by atoms with Gasteiger partial charge in [-0.25, -0.2) is 9.13 Å². The van der Waals surface area contributed by atoms with Crippen LogP contribution in [0.5, 0.6) is 0 Å². The molecule has 0 aromatic heterocycles. The fourth-order valence-corrected chi connectivity index (χ4v) is 14.2. The van der Waals surface area contributed by atoms with Crippen molar-refractivity contribution in [2.24, 2.45) is 5.92 Å². The van der Waals surface area contributed by atoms with E-state index in [4.69, 9.17) is 37.0 Å². The number of ether oxygens (including phenoxy) is 4. The van der Waals surface area contributed by atoms with Gasteiger partial charge in [-0.2, -0.15) is 0 Å².